The van der Waals surface area contributed by atoms with Crippen molar-refractivity contribution < 1.29 is 19.7 Å². The predicted octanol–water partition coefficient (Wildman–Crippen LogP) is 3.90. The lowest BCUT2D eigenvalue weighted by Crippen LogP contribution is -2.55. The Morgan fingerprint density at radius 3 is 2.49 bits per heavy atom. The van der Waals surface area contributed by atoms with Crippen LogP contribution >= 0.6 is 0 Å². The number of nitrogens with two attached hydrogens (primary N) is 1. The van der Waals surface area contributed by atoms with Crippen LogP contribution in [0.15, 0.2) is 35.4 Å². The Hall–Kier alpha value is -2.58. The van der Waals surface area contributed by atoms with Gasteiger partial charge in [0.1, 0.15) is 0 Å². The Balaban J connectivity index is 1.63. The average molecular weight is 536 g/mol. The first-order chi connectivity index (χ1) is 18.6. The smallest absolute Gasteiger partial charge is 0.231 e. The third-order valence-electron chi connectivity index (χ3n) is 9.65. The van der Waals surface area contributed by atoms with Crippen molar-refractivity contribution in [3.05, 3.63) is 52.1 Å². The molecule has 0 unspecified atom stereocenters. The van der Waals surface area contributed by atoms with E-state index in [1.54, 1.807) is 0 Å². The zero-order valence-corrected chi connectivity index (χ0v) is 24.4. The third kappa shape index (κ3) is 4.73. The number of rotatable bonds is 8. The molecule has 0 saturated carbocycles. The van der Waals surface area contributed by atoms with Crippen LogP contribution in [0.5, 0.6) is 11.5 Å². The van der Waals surface area contributed by atoms with Crippen molar-refractivity contribution in [1.82, 2.24) is 4.90 Å². The summed E-state index contributed by atoms with van der Waals surface area (Å²) in [6, 6.07) is 8.40. The molecule has 3 aliphatic rings. The number of hydrogen-bond donors (Lipinski definition) is 3. The van der Waals surface area contributed by atoms with Crippen LogP contribution in [-0.2, 0) is 12.8 Å². The molecule has 1 heterocycles. The van der Waals surface area contributed by atoms with Gasteiger partial charge < -0.3 is 35.2 Å². The van der Waals surface area contributed by atoms with Gasteiger partial charge >= 0.3 is 0 Å². The van der Waals surface area contributed by atoms with Crippen molar-refractivity contribution in [1.29, 1.82) is 0 Å². The maximum absolute atomic E-state index is 12.3. The highest BCUT2D eigenvalue weighted by atomic mass is 16.7. The summed E-state index contributed by atoms with van der Waals surface area (Å²) in [5.41, 5.74) is 15.0. The number of aliphatic hydroxyl groups is 2. The lowest BCUT2D eigenvalue weighted by atomic mass is 9.59. The van der Waals surface area contributed by atoms with Crippen molar-refractivity contribution in [3.63, 3.8) is 0 Å². The summed E-state index contributed by atoms with van der Waals surface area (Å²) in [7, 11) is 8.24. The molecule has 2 aliphatic carbocycles. The summed E-state index contributed by atoms with van der Waals surface area (Å²) in [6.45, 7) is 5.19. The van der Waals surface area contributed by atoms with Gasteiger partial charge in [-0.2, -0.15) is 0 Å². The van der Waals surface area contributed by atoms with Gasteiger partial charge in [0.2, 0.25) is 6.79 Å². The van der Waals surface area contributed by atoms with Crippen LogP contribution < -0.4 is 20.1 Å². The van der Waals surface area contributed by atoms with E-state index in [9.17, 15) is 10.2 Å². The summed E-state index contributed by atoms with van der Waals surface area (Å²) in [6.07, 6.45) is 3.99. The third-order valence-corrected chi connectivity index (χ3v) is 9.65. The normalized spacial score (nSPS) is 24.6. The summed E-state index contributed by atoms with van der Waals surface area (Å²) >= 11 is 0. The Labute approximate surface area is 233 Å². The molecule has 7 heteroatoms. The summed E-state index contributed by atoms with van der Waals surface area (Å²) in [5.74, 6) is 1.86. The molecule has 0 radical (unpaired) electrons. The first kappa shape index (κ1) is 28.0. The average Bonchev–Trinajstić information content (AvgIpc) is 3.38. The predicted molar refractivity (Wildman–Crippen MR) is 157 cm³/mol. The van der Waals surface area contributed by atoms with Crippen molar-refractivity contribution >= 4 is 5.69 Å². The highest BCUT2D eigenvalue weighted by Crippen LogP contribution is 2.52. The van der Waals surface area contributed by atoms with Crippen LogP contribution in [0.2, 0.25) is 0 Å². The molecule has 0 spiro atoms. The zero-order chi connectivity index (χ0) is 28.1. The number of aliphatic hydroxyl groups excluding tert-OH is 1. The maximum atomic E-state index is 12.3. The maximum Gasteiger partial charge on any atom is 0.231 e. The van der Waals surface area contributed by atoms with Crippen molar-refractivity contribution in [2.75, 3.05) is 53.0 Å². The molecule has 2 aromatic rings. The Morgan fingerprint density at radius 1 is 1.08 bits per heavy atom. The zero-order valence-electron chi connectivity index (χ0n) is 24.4. The second-order valence-electron chi connectivity index (χ2n) is 12.1. The molecule has 0 amide bonds. The second kappa shape index (κ2) is 10.8. The molecule has 1 aliphatic heterocycles. The number of benzene rings is 2. The van der Waals surface area contributed by atoms with E-state index >= 15 is 0 Å². The van der Waals surface area contributed by atoms with E-state index < -0.39 is 5.60 Å². The van der Waals surface area contributed by atoms with E-state index in [0.29, 0.717) is 18.9 Å². The van der Waals surface area contributed by atoms with Crippen LogP contribution in [0, 0.1) is 18.8 Å². The van der Waals surface area contributed by atoms with Gasteiger partial charge in [0.15, 0.2) is 11.5 Å². The number of ether oxygens (including phenoxy) is 2. The molecule has 5 rings (SSSR count). The van der Waals surface area contributed by atoms with Crippen LogP contribution in [0.4, 0.5) is 5.69 Å². The van der Waals surface area contributed by atoms with Gasteiger partial charge in [-0.1, -0.05) is 11.6 Å². The molecule has 7 nitrogen and oxygen atoms in total. The molecular formula is C32H45N3O4. The van der Waals surface area contributed by atoms with E-state index in [-0.39, 0.29) is 25.4 Å². The monoisotopic (exact) mass is 535 g/mol. The number of hydrogen-bond acceptors (Lipinski definition) is 7. The number of allylic oxidation sites excluding steroid dienone is 1. The van der Waals surface area contributed by atoms with Crippen LogP contribution in [-0.4, -0.2) is 74.9 Å². The van der Waals surface area contributed by atoms with Gasteiger partial charge in [0.05, 0.1) is 12.2 Å². The highest BCUT2D eigenvalue weighted by Gasteiger charge is 2.49. The molecule has 0 bridgehead atoms. The minimum absolute atomic E-state index is 0.0233. The molecule has 39 heavy (non-hydrogen) atoms. The number of likely N-dealkylation sites (N-methyl/N-ethyl adjacent to an activating group) is 1. The molecule has 0 fully saturated rings. The van der Waals surface area contributed by atoms with Crippen LogP contribution in [0.25, 0.3) is 11.1 Å². The standard InChI is InChI=1S/C32H45N3O4/c1-19-23(21-8-9-30-31(14-21)39-18-38-30)16-28(34(3)4)26-12-22-13-27(29(17-36)35(5)6)32(37,10-7-11-33)20(2)25(22)15-24(19)26/h8-9,14,16,22,27,29,36-37H,7,10-13,15,17-18,33H2,1-6H3/t22-,27-,29+,32+/m0/s1. The number of nitrogens with zero attached hydrogens (tertiary/aromatic N) is 2. The van der Waals surface area contributed by atoms with Gasteiger partial charge in [-0.15, -0.1) is 0 Å². The van der Waals surface area contributed by atoms with Gasteiger partial charge in [0.25, 0.3) is 0 Å². The highest BCUT2D eigenvalue weighted by molar-refractivity contribution is 5.78. The fourth-order valence-corrected chi connectivity index (χ4v) is 7.40. The van der Waals surface area contributed by atoms with E-state index in [0.717, 1.165) is 48.3 Å². The molecular weight excluding hydrogens is 490 g/mol. The van der Waals surface area contributed by atoms with Gasteiger partial charge in [0, 0.05) is 31.7 Å². The van der Waals surface area contributed by atoms with Gasteiger partial charge in [-0.05, 0) is 124 Å². The largest absolute Gasteiger partial charge is 0.454 e. The lowest BCUT2D eigenvalue weighted by Gasteiger charge is -2.51. The first-order valence-corrected chi connectivity index (χ1v) is 14.2. The van der Waals surface area contributed by atoms with E-state index in [2.05, 4.69) is 55.9 Å². The quantitative estimate of drug-likeness (QED) is 0.442. The number of fused-ring (bicyclic) bond motifs is 3. The van der Waals surface area contributed by atoms with Crippen LogP contribution in [0.3, 0.4) is 0 Å². The van der Waals surface area contributed by atoms with Crippen molar-refractivity contribution in [2.24, 2.45) is 17.6 Å². The summed E-state index contributed by atoms with van der Waals surface area (Å²) in [5, 5.41) is 22.7. The van der Waals surface area contributed by atoms with Crippen molar-refractivity contribution in [3.8, 4) is 22.6 Å². The minimum Gasteiger partial charge on any atom is -0.454 e. The second-order valence-corrected chi connectivity index (χ2v) is 12.1. The van der Waals surface area contributed by atoms with E-state index in [1.807, 2.05) is 20.2 Å². The van der Waals surface area contributed by atoms with Gasteiger partial charge in [-0.25, -0.2) is 0 Å². The Kier molecular flexibility index (Phi) is 7.72. The minimum atomic E-state index is -0.979. The SMILES string of the molecule is CC1=C2Cc3c(C)c(-c4ccc5c(c4)OCO5)cc(N(C)C)c3C[C@H]2C[C@@H]([C@@H](CO)N(C)C)[C@@]1(O)CCCN. The molecule has 2 aromatic carbocycles. The first-order valence-electron chi connectivity index (χ1n) is 14.2. The van der Waals surface area contributed by atoms with Crippen LogP contribution in [0.1, 0.15) is 42.9 Å². The molecule has 0 aromatic heterocycles. The number of anilines is 1. The molecule has 212 valence electrons. The summed E-state index contributed by atoms with van der Waals surface area (Å²) < 4.78 is 11.2. The molecule has 0 saturated heterocycles. The topological polar surface area (TPSA) is 91.4 Å². The molecule has 4 N–H and O–H groups in total. The van der Waals surface area contributed by atoms with E-state index in [4.69, 9.17) is 15.2 Å². The lowest BCUT2D eigenvalue weighted by molar-refractivity contribution is -0.0568. The Bertz CT molecular complexity index is 1270. The van der Waals surface area contributed by atoms with Gasteiger partial charge in [-0.3, -0.25) is 0 Å². The molecule has 4 atom stereocenters. The fourth-order valence-electron chi connectivity index (χ4n) is 7.40. The summed E-state index contributed by atoms with van der Waals surface area (Å²) in [4.78, 5) is 4.30. The Morgan fingerprint density at radius 2 is 1.82 bits per heavy atom. The van der Waals surface area contributed by atoms with E-state index in [1.165, 1.54) is 33.5 Å². The van der Waals surface area contributed by atoms with Crippen molar-refractivity contribution in [2.45, 2.75) is 57.6 Å². The fraction of sp³-hybridized carbons (Fsp3) is 0.562.